The third-order valence-electron chi connectivity index (χ3n) is 7.12. The molecule has 0 saturated carbocycles. The lowest BCUT2D eigenvalue weighted by Gasteiger charge is -2.58. The molecule has 126 valence electrons. The monoisotopic (exact) mass is 325 g/mol. The summed E-state index contributed by atoms with van der Waals surface area (Å²) in [5.74, 6) is 0.524. The van der Waals surface area contributed by atoms with E-state index in [2.05, 4.69) is 56.7 Å². The number of aromatic nitrogens is 1. The Morgan fingerprint density at radius 1 is 1.04 bits per heavy atom. The van der Waals surface area contributed by atoms with Crippen molar-refractivity contribution >= 4 is 16.7 Å². The van der Waals surface area contributed by atoms with Gasteiger partial charge in [0, 0.05) is 23.6 Å². The highest BCUT2D eigenvalue weighted by Gasteiger charge is 2.68. The highest BCUT2D eigenvalue weighted by Crippen LogP contribution is 2.37. The number of carbonyl (C=O) groups excluding carboxylic acids is 1. The van der Waals surface area contributed by atoms with Crippen LogP contribution in [0, 0.1) is 17.8 Å². The second kappa shape index (κ2) is 4.30. The number of hydrogen-bond acceptors (Lipinski definition) is 1. The fourth-order valence-electron chi connectivity index (χ4n) is 6.32. The molecule has 4 heteroatoms. The Bertz CT molecular complexity index is 840. The Hall–Kier alpha value is -1.65. The normalized spacial score (nSPS) is 40.7. The number of carbonyl (C=O) groups is 1. The van der Waals surface area contributed by atoms with Gasteiger partial charge in [-0.3, -0.25) is 14.6 Å². The molecule has 0 spiro atoms. The maximum Gasteiger partial charge on any atom is 0.242 e. The summed E-state index contributed by atoms with van der Waals surface area (Å²) in [7, 11) is 2.18. The maximum absolute atomic E-state index is 12.9. The molecule has 4 saturated heterocycles. The van der Waals surface area contributed by atoms with E-state index in [-0.39, 0.29) is 10.8 Å². The first kappa shape index (κ1) is 14.7. The minimum atomic E-state index is -0.120. The number of Topliss-reactive ketones (excluding diaryl/α,β-unsaturated/α-hetero) is 1. The van der Waals surface area contributed by atoms with E-state index < -0.39 is 0 Å². The second-order valence-corrected chi connectivity index (χ2v) is 8.98. The first-order valence-electron chi connectivity index (χ1n) is 9.12. The van der Waals surface area contributed by atoms with Gasteiger partial charge < -0.3 is 4.57 Å². The average molecular weight is 325 g/mol. The molecule has 0 amide bonds. The topological polar surface area (TPSA) is 30.9 Å². The van der Waals surface area contributed by atoms with Crippen LogP contribution in [0.3, 0.4) is 0 Å². The number of para-hydroxylation sites is 1. The van der Waals surface area contributed by atoms with Crippen LogP contribution in [0.4, 0.5) is 0 Å². The van der Waals surface area contributed by atoms with Crippen molar-refractivity contribution in [1.29, 1.82) is 0 Å². The summed E-state index contributed by atoms with van der Waals surface area (Å²) in [4.78, 5) is 16.1. The smallest absolute Gasteiger partial charge is 0.242 e. The van der Waals surface area contributed by atoms with Gasteiger partial charge in [0.25, 0.3) is 0 Å². The Balaban J connectivity index is 1.69. The standard InChI is InChI=1S/C20H25N3O/c1-13-16(14-7-5-6-8-15(14)21(13)4)17-22-9-19(2)10-23(17)12-20(3,11-22)18(19)24/h5-8,17H,9-12H2,1-4H3/p+2. The first-order chi connectivity index (χ1) is 11.3. The molecule has 4 fully saturated rings. The fourth-order valence-corrected chi connectivity index (χ4v) is 6.32. The Kier molecular flexibility index (Phi) is 2.63. The van der Waals surface area contributed by atoms with Crippen molar-refractivity contribution < 1.29 is 14.6 Å². The van der Waals surface area contributed by atoms with Crippen LogP contribution in [0.25, 0.3) is 10.9 Å². The van der Waals surface area contributed by atoms with E-state index in [1.807, 2.05) is 0 Å². The highest BCUT2D eigenvalue weighted by atomic mass is 16.1. The van der Waals surface area contributed by atoms with Crippen molar-refractivity contribution in [2.75, 3.05) is 26.2 Å². The lowest BCUT2D eigenvalue weighted by atomic mass is 9.62. The van der Waals surface area contributed by atoms with Crippen molar-refractivity contribution in [2.24, 2.45) is 17.9 Å². The summed E-state index contributed by atoms with van der Waals surface area (Å²) >= 11 is 0. The van der Waals surface area contributed by atoms with Crippen LogP contribution >= 0.6 is 0 Å². The maximum atomic E-state index is 12.9. The van der Waals surface area contributed by atoms with E-state index in [9.17, 15) is 4.79 Å². The molecule has 5 heterocycles. The van der Waals surface area contributed by atoms with Crippen LogP contribution in [0.1, 0.15) is 31.3 Å². The molecule has 1 aromatic carbocycles. The number of aryl methyl sites for hydroxylation is 1. The number of quaternary nitrogens is 2. The molecular weight excluding hydrogens is 298 g/mol. The van der Waals surface area contributed by atoms with Gasteiger partial charge >= 0.3 is 0 Å². The predicted molar refractivity (Wildman–Crippen MR) is 93.0 cm³/mol. The molecule has 4 bridgehead atoms. The molecule has 0 radical (unpaired) electrons. The third-order valence-corrected chi connectivity index (χ3v) is 7.12. The molecule has 1 aromatic heterocycles. The number of rotatable bonds is 1. The van der Waals surface area contributed by atoms with Crippen LogP contribution in [-0.4, -0.2) is 36.5 Å². The van der Waals surface area contributed by atoms with Gasteiger partial charge in [0.15, 0.2) is 5.78 Å². The van der Waals surface area contributed by atoms with E-state index >= 15 is 0 Å². The molecule has 0 unspecified atom stereocenters. The van der Waals surface area contributed by atoms with E-state index in [0.717, 1.165) is 26.2 Å². The quantitative estimate of drug-likeness (QED) is 0.752. The minimum absolute atomic E-state index is 0.120. The Morgan fingerprint density at radius 3 is 2.17 bits per heavy atom. The lowest BCUT2D eigenvalue weighted by Crippen LogP contribution is -3.41. The number of benzene rings is 1. The van der Waals surface area contributed by atoms with E-state index in [0.29, 0.717) is 11.9 Å². The molecule has 6 rings (SSSR count). The van der Waals surface area contributed by atoms with Crippen molar-refractivity contribution in [1.82, 2.24) is 4.57 Å². The molecule has 24 heavy (non-hydrogen) atoms. The van der Waals surface area contributed by atoms with Crippen molar-refractivity contribution in [3.05, 3.63) is 35.5 Å². The van der Waals surface area contributed by atoms with Crippen LogP contribution in [0.15, 0.2) is 24.3 Å². The van der Waals surface area contributed by atoms with Gasteiger partial charge in [0.05, 0.1) is 31.7 Å². The zero-order valence-corrected chi connectivity index (χ0v) is 15.1. The van der Waals surface area contributed by atoms with Crippen molar-refractivity contribution in [2.45, 2.75) is 26.9 Å². The third kappa shape index (κ3) is 1.58. The number of fused-ring (bicyclic) bond motifs is 1. The van der Waals surface area contributed by atoms with Gasteiger partial charge in [-0.05, 0) is 26.8 Å². The number of nitrogens with one attached hydrogen (secondary N) is 2. The molecule has 4 aliphatic rings. The van der Waals surface area contributed by atoms with Crippen molar-refractivity contribution in [3.8, 4) is 0 Å². The second-order valence-electron chi connectivity index (χ2n) is 8.98. The molecule has 4 aliphatic heterocycles. The molecular formula is C20H27N3O+2. The fraction of sp³-hybridized carbons (Fsp3) is 0.550. The molecule has 4 nitrogen and oxygen atoms in total. The van der Waals surface area contributed by atoms with Crippen LogP contribution < -0.4 is 9.80 Å². The zero-order valence-electron chi connectivity index (χ0n) is 15.1. The number of nitrogens with zero attached hydrogens (tertiary/aromatic N) is 1. The SMILES string of the molecule is Cc1c(C2[NH+]3CC4(C)C[NH+]2CC(C)(C3)C4=O)c2ccccc2n1C. The van der Waals surface area contributed by atoms with Gasteiger partial charge in [0.2, 0.25) is 6.17 Å². The van der Waals surface area contributed by atoms with Gasteiger partial charge in [-0.25, -0.2) is 0 Å². The number of hydrogen-bond donors (Lipinski definition) is 2. The minimum Gasteiger partial charge on any atom is -0.347 e. The van der Waals surface area contributed by atoms with Gasteiger partial charge in [-0.15, -0.1) is 0 Å². The molecule has 0 aliphatic carbocycles. The number of ketones is 1. The van der Waals surface area contributed by atoms with E-state index in [1.165, 1.54) is 22.2 Å². The zero-order chi connectivity index (χ0) is 16.9. The highest BCUT2D eigenvalue weighted by molar-refractivity contribution is 5.91. The largest absolute Gasteiger partial charge is 0.347 e. The van der Waals surface area contributed by atoms with E-state index in [4.69, 9.17) is 0 Å². The predicted octanol–water partition coefficient (Wildman–Crippen LogP) is -0.122. The van der Waals surface area contributed by atoms with Gasteiger partial charge in [-0.1, -0.05) is 18.2 Å². The summed E-state index contributed by atoms with van der Waals surface area (Å²) in [5.41, 5.74) is 3.98. The molecule has 2 aromatic rings. The lowest BCUT2D eigenvalue weighted by molar-refractivity contribution is -1.18. The Morgan fingerprint density at radius 2 is 1.58 bits per heavy atom. The van der Waals surface area contributed by atoms with E-state index in [1.54, 1.807) is 9.80 Å². The summed E-state index contributed by atoms with van der Waals surface area (Å²) in [5, 5.41) is 1.40. The van der Waals surface area contributed by atoms with Crippen LogP contribution in [-0.2, 0) is 11.8 Å². The summed E-state index contributed by atoms with van der Waals surface area (Å²) in [6.07, 6.45) is 0.477. The Labute approximate surface area is 143 Å². The average Bonchev–Trinajstić information content (AvgIpc) is 2.77. The van der Waals surface area contributed by atoms with Gasteiger partial charge in [-0.2, -0.15) is 0 Å². The van der Waals surface area contributed by atoms with Crippen molar-refractivity contribution in [3.63, 3.8) is 0 Å². The number of piperidine rings is 2. The molecule has 2 N–H and O–H groups in total. The molecule has 0 atom stereocenters. The van der Waals surface area contributed by atoms with Gasteiger partial charge in [0.1, 0.15) is 10.8 Å². The first-order valence-corrected chi connectivity index (χ1v) is 9.12. The van der Waals surface area contributed by atoms with Crippen LogP contribution in [0.5, 0.6) is 0 Å². The van der Waals surface area contributed by atoms with Crippen LogP contribution in [0.2, 0.25) is 0 Å². The summed E-state index contributed by atoms with van der Waals surface area (Å²) in [6.45, 7) is 10.7. The summed E-state index contributed by atoms with van der Waals surface area (Å²) < 4.78 is 2.34. The summed E-state index contributed by atoms with van der Waals surface area (Å²) in [6, 6.07) is 8.79.